The quantitative estimate of drug-likeness (QED) is 0.536. The molecule has 33 heavy (non-hydrogen) atoms. The summed E-state index contributed by atoms with van der Waals surface area (Å²) < 4.78 is 16.0. The molecule has 0 radical (unpaired) electrons. The zero-order valence-corrected chi connectivity index (χ0v) is 19.2. The van der Waals surface area contributed by atoms with Crippen LogP contribution in [-0.2, 0) is 11.2 Å². The molecule has 2 amide bonds. The summed E-state index contributed by atoms with van der Waals surface area (Å²) in [7, 11) is 1.53. The first-order chi connectivity index (χ1) is 16.0. The van der Waals surface area contributed by atoms with Crippen LogP contribution in [0.25, 0.3) is 0 Å². The Labute approximate surface area is 198 Å². The van der Waals surface area contributed by atoms with Crippen LogP contribution in [0, 0.1) is 0 Å². The number of carbonyl (C=O) groups is 2. The fourth-order valence-corrected chi connectivity index (χ4v) is 5.16. The molecule has 2 N–H and O–H groups in total. The number of benzene rings is 2. The van der Waals surface area contributed by atoms with Crippen molar-refractivity contribution in [3.8, 4) is 17.2 Å². The smallest absolute Gasteiger partial charge is 0.257 e. The fourth-order valence-electron chi connectivity index (χ4n) is 3.93. The number of hydrogen-bond acceptors (Lipinski definition) is 7. The lowest BCUT2D eigenvalue weighted by Crippen LogP contribution is -2.25. The van der Waals surface area contributed by atoms with E-state index in [1.807, 2.05) is 0 Å². The summed E-state index contributed by atoms with van der Waals surface area (Å²) in [6, 6.07) is 10.1. The molecule has 0 saturated carbocycles. The molecule has 0 fully saturated rings. The molecule has 170 valence electrons. The second kappa shape index (κ2) is 8.92. The molecule has 1 aliphatic carbocycles. The molecule has 1 aromatic heterocycles. The molecule has 3 aromatic rings. The van der Waals surface area contributed by atoms with Crippen molar-refractivity contribution in [1.82, 2.24) is 4.98 Å². The minimum absolute atomic E-state index is 0.143. The summed E-state index contributed by atoms with van der Waals surface area (Å²) in [6.45, 7) is 0.143. The third-order valence-corrected chi connectivity index (χ3v) is 6.83. The summed E-state index contributed by atoms with van der Waals surface area (Å²) in [6.07, 6.45) is 2.34. The molecule has 10 heteroatoms. The predicted octanol–water partition coefficient (Wildman–Crippen LogP) is 4.84. The molecular weight excluding hydrogens is 466 g/mol. The summed E-state index contributed by atoms with van der Waals surface area (Å²) in [5.41, 5.74) is 1.65. The van der Waals surface area contributed by atoms with Crippen molar-refractivity contribution in [2.24, 2.45) is 0 Å². The number of aryl methyl sites for hydroxylation is 1. The van der Waals surface area contributed by atoms with Crippen LogP contribution in [0.4, 0.5) is 10.8 Å². The number of fused-ring (bicyclic) bond motifs is 2. The number of aromatic nitrogens is 1. The summed E-state index contributed by atoms with van der Waals surface area (Å²) >= 11 is 7.48. The van der Waals surface area contributed by atoms with Gasteiger partial charge in [0.05, 0.1) is 24.4 Å². The van der Waals surface area contributed by atoms with E-state index in [2.05, 4.69) is 15.6 Å². The first-order valence-corrected chi connectivity index (χ1v) is 11.6. The number of hydrogen-bond donors (Lipinski definition) is 2. The van der Waals surface area contributed by atoms with Gasteiger partial charge in [0.1, 0.15) is 5.75 Å². The van der Waals surface area contributed by atoms with Crippen LogP contribution in [0.5, 0.6) is 17.2 Å². The van der Waals surface area contributed by atoms with E-state index < -0.39 is 5.92 Å². The normalized spacial score (nSPS) is 16.1. The van der Waals surface area contributed by atoms with Gasteiger partial charge in [-0.25, -0.2) is 4.98 Å². The largest absolute Gasteiger partial charge is 0.495 e. The highest BCUT2D eigenvalue weighted by Crippen LogP contribution is 2.39. The lowest BCUT2D eigenvalue weighted by atomic mass is 9.90. The summed E-state index contributed by atoms with van der Waals surface area (Å²) in [4.78, 5) is 31.5. The Kier molecular flexibility index (Phi) is 5.82. The Bertz CT molecular complexity index is 1240. The SMILES string of the molecule is COc1ccc(Cl)cc1NC(=O)C1CCCc2sc(NC(=O)c3ccc4c(c3)OCO4)nc21. The van der Waals surface area contributed by atoms with Crippen molar-refractivity contribution in [3.05, 3.63) is 57.6 Å². The van der Waals surface area contributed by atoms with E-state index in [0.29, 0.717) is 50.8 Å². The molecule has 1 atom stereocenters. The minimum Gasteiger partial charge on any atom is -0.495 e. The predicted molar refractivity (Wildman–Crippen MR) is 125 cm³/mol. The van der Waals surface area contributed by atoms with Gasteiger partial charge in [0.25, 0.3) is 5.91 Å². The van der Waals surface area contributed by atoms with Crippen LogP contribution in [0.15, 0.2) is 36.4 Å². The molecule has 0 saturated heterocycles. The first kappa shape index (κ1) is 21.5. The Morgan fingerprint density at radius 3 is 2.85 bits per heavy atom. The van der Waals surface area contributed by atoms with E-state index in [1.54, 1.807) is 36.4 Å². The van der Waals surface area contributed by atoms with Gasteiger partial charge in [-0.15, -0.1) is 11.3 Å². The van der Waals surface area contributed by atoms with Crippen LogP contribution in [0.3, 0.4) is 0 Å². The van der Waals surface area contributed by atoms with Crippen molar-refractivity contribution in [2.45, 2.75) is 25.2 Å². The van der Waals surface area contributed by atoms with Crippen molar-refractivity contribution < 1.29 is 23.8 Å². The molecule has 2 heterocycles. The summed E-state index contributed by atoms with van der Waals surface area (Å²) in [5.74, 6) is 0.763. The van der Waals surface area contributed by atoms with E-state index >= 15 is 0 Å². The van der Waals surface area contributed by atoms with Crippen LogP contribution in [0.2, 0.25) is 5.02 Å². The second-order valence-corrected chi connectivity index (χ2v) is 9.15. The average Bonchev–Trinajstić information content (AvgIpc) is 3.44. The van der Waals surface area contributed by atoms with Crippen LogP contribution >= 0.6 is 22.9 Å². The molecule has 0 spiro atoms. The van der Waals surface area contributed by atoms with Gasteiger partial charge >= 0.3 is 0 Å². The topological polar surface area (TPSA) is 98.8 Å². The monoisotopic (exact) mass is 485 g/mol. The third kappa shape index (κ3) is 4.34. The fraction of sp³-hybridized carbons (Fsp3) is 0.261. The Morgan fingerprint density at radius 2 is 2.00 bits per heavy atom. The number of nitrogens with zero attached hydrogens (tertiary/aromatic N) is 1. The van der Waals surface area contributed by atoms with Crippen molar-refractivity contribution >= 4 is 45.6 Å². The molecule has 1 aliphatic heterocycles. The maximum Gasteiger partial charge on any atom is 0.257 e. The van der Waals surface area contributed by atoms with Crippen LogP contribution in [-0.4, -0.2) is 30.7 Å². The Balaban J connectivity index is 1.33. The van der Waals surface area contributed by atoms with Gasteiger partial charge < -0.3 is 19.5 Å². The Hall–Kier alpha value is -3.30. The van der Waals surface area contributed by atoms with E-state index in [4.69, 9.17) is 25.8 Å². The Morgan fingerprint density at radius 1 is 1.15 bits per heavy atom. The highest BCUT2D eigenvalue weighted by molar-refractivity contribution is 7.16. The minimum atomic E-state index is -0.426. The molecule has 2 aromatic carbocycles. The number of nitrogens with one attached hydrogen (secondary N) is 2. The lowest BCUT2D eigenvalue weighted by molar-refractivity contribution is -0.118. The van der Waals surface area contributed by atoms with Crippen molar-refractivity contribution in [1.29, 1.82) is 0 Å². The van der Waals surface area contributed by atoms with Gasteiger partial charge in [-0.2, -0.15) is 0 Å². The summed E-state index contributed by atoms with van der Waals surface area (Å²) in [5, 5.41) is 6.72. The standard InChI is InChI=1S/C23H20ClN3O5S/c1-30-16-8-6-13(24)10-15(16)25-22(29)14-3-2-4-19-20(14)26-23(33-19)27-21(28)12-5-7-17-18(9-12)32-11-31-17/h5-10,14H,2-4,11H2,1H3,(H,25,29)(H,26,27,28). The van der Waals surface area contributed by atoms with Crippen LogP contribution < -0.4 is 24.8 Å². The van der Waals surface area contributed by atoms with Gasteiger partial charge in [0, 0.05) is 15.5 Å². The zero-order valence-electron chi connectivity index (χ0n) is 17.6. The molecular formula is C23H20ClN3O5S. The number of amides is 2. The molecule has 5 rings (SSSR count). The lowest BCUT2D eigenvalue weighted by Gasteiger charge is -2.21. The number of carbonyl (C=O) groups excluding carboxylic acids is 2. The number of ether oxygens (including phenoxy) is 3. The average molecular weight is 486 g/mol. The number of thiazole rings is 1. The maximum absolute atomic E-state index is 13.1. The highest BCUT2D eigenvalue weighted by atomic mass is 35.5. The van der Waals surface area contributed by atoms with Crippen molar-refractivity contribution in [3.63, 3.8) is 0 Å². The van der Waals surface area contributed by atoms with E-state index in [-0.39, 0.29) is 18.6 Å². The number of anilines is 2. The van der Waals surface area contributed by atoms with E-state index in [0.717, 1.165) is 17.7 Å². The first-order valence-electron chi connectivity index (χ1n) is 10.4. The second-order valence-electron chi connectivity index (χ2n) is 7.63. The van der Waals surface area contributed by atoms with Gasteiger partial charge in [-0.3, -0.25) is 14.9 Å². The number of methoxy groups -OCH3 is 1. The zero-order chi connectivity index (χ0) is 22.9. The maximum atomic E-state index is 13.1. The van der Waals surface area contributed by atoms with Gasteiger partial charge in [0.15, 0.2) is 16.6 Å². The number of rotatable bonds is 5. The molecule has 0 bridgehead atoms. The van der Waals surface area contributed by atoms with E-state index in [1.165, 1.54) is 18.4 Å². The third-order valence-electron chi connectivity index (χ3n) is 5.55. The molecule has 2 aliphatic rings. The van der Waals surface area contributed by atoms with Gasteiger partial charge in [-0.1, -0.05) is 11.6 Å². The van der Waals surface area contributed by atoms with Gasteiger partial charge in [0.2, 0.25) is 12.7 Å². The number of halogens is 1. The van der Waals surface area contributed by atoms with Crippen LogP contribution in [0.1, 0.15) is 39.7 Å². The highest BCUT2D eigenvalue weighted by Gasteiger charge is 2.31. The van der Waals surface area contributed by atoms with Crippen molar-refractivity contribution in [2.75, 3.05) is 24.5 Å². The van der Waals surface area contributed by atoms with E-state index in [9.17, 15) is 9.59 Å². The van der Waals surface area contributed by atoms with Gasteiger partial charge in [-0.05, 0) is 55.7 Å². The molecule has 1 unspecified atom stereocenters. The molecule has 8 nitrogen and oxygen atoms in total.